The molecule has 1 saturated carbocycles. The maximum Gasteiger partial charge on any atom is 0.321 e. The summed E-state index contributed by atoms with van der Waals surface area (Å²) in [6, 6.07) is 5.44. The predicted octanol–water partition coefficient (Wildman–Crippen LogP) is 1.90. The molecule has 5 heteroatoms. The first-order valence-corrected chi connectivity index (χ1v) is 6.25. The van der Waals surface area contributed by atoms with Gasteiger partial charge in [0.25, 0.3) is 0 Å². The third-order valence-corrected chi connectivity index (χ3v) is 3.89. The zero-order valence-corrected chi connectivity index (χ0v) is 9.89. The lowest BCUT2D eigenvalue weighted by Gasteiger charge is -2.18. The number of rotatable bonds is 1. The van der Waals surface area contributed by atoms with Gasteiger partial charge in [0.05, 0.1) is 0 Å². The highest BCUT2D eigenvalue weighted by molar-refractivity contribution is 5.90. The topological polar surface area (TPSA) is 50.8 Å². The molecule has 2 amide bonds. The van der Waals surface area contributed by atoms with E-state index in [2.05, 4.69) is 5.32 Å². The van der Waals surface area contributed by atoms with Crippen molar-refractivity contribution in [2.75, 3.05) is 25.2 Å². The van der Waals surface area contributed by atoms with Gasteiger partial charge in [-0.05, 0) is 30.4 Å². The Hall–Kier alpha value is -1.91. The molecule has 18 heavy (non-hydrogen) atoms. The third-order valence-electron chi connectivity index (χ3n) is 3.89. The van der Waals surface area contributed by atoms with Gasteiger partial charge in [0.15, 0.2) is 11.5 Å². The van der Waals surface area contributed by atoms with E-state index >= 15 is 0 Å². The standard InChI is InChI=1S/C13H14N2O3/c16-13(15-5-8-3-9(8)6-15)14-10-1-2-11-12(4-10)18-7-17-11/h1-2,4,8-9H,3,5-7H2,(H,14,16). The Morgan fingerprint density at radius 1 is 1.22 bits per heavy atom. The zero-order valence-electron chi connectivity index (χ0n) is 9.89. The molecule has 2 atom stereocenters. The van der Waals surface area contributed by atoms with Crippen molar-refractivity contribution < 1.29 is 14.3 Å². The van der Waals surface area contributed by atoms with Gasteiger partial charge in [-0.3, -0.25) is 0 Å². The Morgan fingerprint density at radius 2 is 2.00 bits per heavy atom. The van der Waals surface area contributed by atoms with Crippen LogP contribution >= 0.6 is 0 Å². The molecule has 2 heterocycles. The molecule has 3 aliphatic rings. The Kier molecular flexibility index (Phi) is 1.98. The fourth-order valence-electron chi connectivity index (χ4n) is 2.74. The molecule has 0 bridgehead atoms. The molecule has 5 nitrogen and oxygen atoms in total. The Morgan fingerprint density at radius 3 is 2.83 bits per heavy atom. The number of likely N-dealkylation sites (tertiary alicyclic amines) is 1. The van der Waals surface area contributed by atoms with Crippen LogP contribution in [0.1, 0.15) is 6.42 Å². The molecule has 1 saturated heterocycles. The van der Waals surface area contributed by atoms with Crippen molar-refractivity contribution in [1.29, 1.82) is 0 Å². The van der Waals surface area contributed by atoms with Crippen LogP contribution in [-0.4, -0.2) is 30.8 Å². The molecule has 1 aliphatic carbocycles. The number of nitrogens with zero attached hydrogens (tertiary/aromatic N) is 1. The molecular weight excluding hydrogens is 232 g/mol. The van der Waals surface area contributed by atoms with Gasteiger partial charge in [-0.1, -0.05) is 0 Å². The number of anilines is 1. The molecule has 4 rings (SSSR count). The smallest absolute Gasteiger partial charge is 0.321 e. The van der Waals surface area contributed by atoms with Crippen molar-refractivity contribution >= 4 is 11.7 Å². The Labute approximate surface area is 105 Å². The zero-order chi connectivity index (χ0) is 12.1. The van der Waals surface area contributed by atoms with E-state index in [0.29, 0.717) is 5.75 Å². The minimum absolute atomic E-state index is 0.0129. The lowest BCUT2D eigenvalue weighted by Crippen LogP contribution is -2.34. The fourth-order valence-corrected chi connectivity index (χ4v) is 2.74. The van der Waals surface area contributed by atoms with E-state index < -0.39 is 0 Å². The summed E-state index contributed by atoms with van der Waals surface area (Å²) < 4.78 is 10.5. The number of fused-ring (bicyclic) bond motifs is 2. The molecule has 94 valence electrons. The largest absolute Gasteiger partial charge is 0.454 e. The number of benzene rings is 1. The van der Waals surface area contributed by atoms with Crippen LogP contribution in [0.3, 0.4) is 0 Å². The molecule has 2 aliphatic heterocycles. The van der Waals surface area contributed by atoms with Crippen LogP contribution < -0.4 is 14.8 Å². The summed E-state index contributed by atoms with van der Waals surface area (Å²) in [7, 11) is 0. The summed E-state index contributed by atoms with van der Waals surface area (Å²) in [6.07, 6.45) is 1.30. The lowest BCUT2D eigenvalue weighted by molar-refractivity contribution is 0.174. The molecule has 2 fully saturated rings. The first-order chi connectivity index (χ1) is 8.79. The number of hydrogen-bond donors (Lipinski definition) is 1. The Balaban J connectivity index is 1.46. The molecule has 1 N–H and O–H groups in total. The lowest BCUT2D eigenvalue weighted by atomic mass is 10.3. The number of piperidine rings is 1. The maximum atomic E-state index is 12.0. The second-order valence-corrected chi connectivity index (χ2v) is 5.16. The highest BCUT2D eigenvalue weighted by Gasteiger charge is 2.46. The van der Waals surface area contributed by atoms with E-state index in [0.717, 1.165) is 36.4 Å². The van der Waals surface area contributed by atoms with Gasteiger partial charge in [-0.2, -0.15) is 0 Å². The maximum absolute atomic E-state index is 12.0. The summed E-state index contributed by atoms with van der Waals surface area (Å²) >= 11 is 0. The number of nitrogens with one attached hydrogen (secondary N) is 1. The second kappa shape index (κ2) is 3.54. The van der Waals surface area contributed by atoms with Crippen molar-refractivity contribution in [2.45, 2.75) is 6.42 Å². The summed E-state index contributed by atoms with van der Waals surface area (Å²) in [4.78, 5) is 13.9. The SMILES string of the molecule is O=C(Nc1ccc2c(c1)OCO2)N1CC2CC2C1. The molecule has 0 aromatic heterocycles. The van der Waals surface area contributed by atoms with Crippen LogP contribution in [-0.2, 0) is 0 Å². The molecule has 2 unspecified atom stereocenters. The van der Waals surface area contributed by atoms with Crippen LogP contribution in [0.15, 0.2) is 18.2 Å². The van der Waals surface area contributed by atoms with E-state index in [4.69, 9.17) is 9.47 Å². The van der Waals surface area contributed by atoms with E-state index in [9.17, 15) is 4.79 Å². The van der Waals surface area contributed by atoms with Crippen LogP contribution in [0, 0.1) is 11.8 Å². The summed E-state index contributed by atoms with van der Waals surface area (Å²) in [6.45, 7) is 2.06. The van der Waals surface area contributed by atoms with Gasteiger partial charge in [-0.15, -0.1) is 0 Å². The Bertz CT molecular complexity index is 507. The van der Waals surface area contributed by atoms with Crippen LogP contribution in [0.4, 0.5) is 10.5 Å². The van der Waals surface area contributed by atoms with Gasteiger partial charge >= 0.3 is 6.03 Å². The molecule has 0 spiro atoms. The van der Waals surface area contributed by atoms with Crippen molar-refractivity contribution in [3.8, 4) is 11.5 Å². The fraction of sp³-hybridized carbons (Fsp3) is 0.462. The van der Waals surface area contributed by atoms with E-state index in [1.165, 1.54) is 6.42 Å². The van der Waals surface area contributed by atoms with E-state index in [1.54, 1.807) is 6.07 Å². The predicted molar refractivity (Wildman–Crippen MR) is 64.8 cm³/mol. The quantitative estimate of drug-likeness (QED) is 0.823. The van der Waals surface area contributed by atoms with Gasteiger partial charge in [-0.25, -0.2) is 4.79 Å². The molecular formula is C13H14N2O3. The monoisotopic (exact) mass is 246 g/mol. The summed E-state index contributed by atoms with van der Waals surface area (Å²) in [5, 5.41) is 2.91. The van der Waals surface area contributed by atoms with Gasteiger partial charge < -0.3 is 19.7 Å². The van der Waals surface area contributed by atoms with Crippen molar-refractivity contribution in [1.82, 2.24) is 4.90 Å². The number of urea groups is 1. The first-order valence-electron chi connectivity index (χ1n) is 6.25. The van der Waals surface area contributed by atoms with E-state index in [1.807, 2.05) is 17.0 Å². The minimum atomic E-state index is -0.0129. The highest BCUT2D eigenvalue weighted by atomic mass is 16.7. The molecule has 0 radical (unpaired) electrons. The molecule has 1 aromatic rings. The van der Waals surface area contributed by atoms with E-state index in [-0.39, 0.29) is 12.8 Å². The number of ether oxygens (including phenoxy) is 2. The first kappa shape index (κ1) is 10.1. The third kappa shape index (κ3) is 1.58. The van der Waals surface area contributed by atoms with Crippen molar-refractivity contribution in [2.24, 2.45) is 11.8 Å². The average Bonchev–Trinajstić information content (AvgIpc) is 2.79. The van der Waals surface area contributed by atoms with Gasteiger partial charge in [0.2, 0.25) is 6.79 Å². The number of amides is 2. The molecule has 1 aromatic carbocycles. The van der Waals surface area contributed by atoms with Crippen LogP contribution in [0.5, 0.6) is 11.5 Å². The van der Waals surface area contributed by atoms with Crippen LogP contribution in [0.25, 0.3) is 0 Å². The average molecular weight is 246 g/mol. The minimum Gasteiger partial charge on any atom is -0.454 e. The highest BCUT2D eigenvalue weighted by Crippen LogP contribution is 2.45. The number of carbonyl (C=O) groups is 1. The van der Waals surface area contributed by atoms with Gasteiger partial charge in [0, 0.05) is 24.8 Å². The van der Waals surface area contributed by atoms with Crippen LogP contribution in [0.2, 0.25) is 0 Å². The summed E-state index contributed by atoms with van der Waals surface area (Å²) in [5.41, 5.74) is 0.754. The number of hydrogen-bond acceptors (Lipinski definition) is 3. The summed E-state index contributed by atoms with van der Waals surface area (Å²) in [5.74, 6) is 2.94. The van der Waals surface area contributed by atoms with Gasteiger partial charge in [0.1, 0.15) is 0 Å². The van der Waals surface area contributed by atoms with Crippen molar-refractivity contribution in [3.05, 3.63) is 18.2 Å². The second-order valence-electron chi connectivity index (χ2n) is 5.16. The normalized spacial score (nSPS) is 27.0. The number of carbonyl (C=O) groups excluding carboxylic acids is 1. The van der Waals surface area contributed by atoms with Crippen molar-refractivity contribution in [3.63, 3.8) is 0 Å².